The summed E-state index contributed by atoms with van der Waals surface area (Å²) >= 11 is 0. The van der Waals surface area contributed by atoms with E-state index in [1.165, 1.54) is 78.2 Å². The molecule has 4 N–H and O–H groups in total. The molecule has 2 spiro atoms. The fourth-order valence-corrected chi connectivity index (χ4v) is 13.4. The van der Waals surface area contributed by atoms with Gasteiger partial charge in [0.2, 0.25) is 20.0 Å². The number of carbonyl (C=O) groups is 4. The molecule has 9 rings (SSSR count). The Hall–Kier alpha value is -6.47. The molecule has 450 valence electrons. The van der Waals surface area contributed by atoms with Crippen molar-refractivity contribution in [3.05, 3.63) is 79.6 Å². The highest BCUT2D eigenvalue weighted by molar-refractivity contribution is 7.92. The number of ether oxygens (including phenoxy) is 3. The molecule has 2 aromatic carbocycles. The average Bonchev–Trinajstić information content (AvgIpc) is 2.58. The second kappa shape index (κ2) is 29.2. The lowest BCUT2D eigenvalue weighted by Crippen LogP contribution is -2.50. The van der Waals surface area contributed by atoms with Crippen LogP contribution in [0, 0.1) is 39.5 Å². The Balaban J connectivity index is 0.000000281. The van der Waals surface area contributed by atoms with Crippen LogP contribution in [-0.2, 0) is 29.6 Å². The van der Waals surface area contributed by atoms with Gasteiger partial charge in [-0.25, -0.2) is 26.4 Å². The molecular weight excluding hydrogens is 1090 g/mol. The standard InChI is InChI=1S/C29H36N6O7S.C24H31N3O5S.C2H6O.C2H6.CH4/c1-18-16-21(24(36)42-28-32-26(40-3)31-27(33-28)41-4)17-19(2)22(18)10-15-43(38,39)35-13-11-29(12-14-35)25(37)30-23(34-29)20-8-6-5-7-9-20;1-16-14-19(22(28)29)15-17(2)20(16)8-13-33(31,32)27-11-9-24(10-12-27)23(30)25-21(26-24)18-6-4-3-5-7-18;1-2-3;1-2;/h10,15-17,20H,5-9,11-14H2,1-4H3,(H,30,34,37);8,13-15,18H,3-7,9-12H2,1-2H3,(H,28,29)(H,25,26,30);3H,2H2,1H3;1-2H3;1H4/b15-10+;13-8+;;;/i;;;1D;1T. The maximum atomic E-state index is 13.3. The molecule has 0 bridgehead atoms. The van der Waals surface area contributed by atoms with E-state index in [0.29, 0.717) is 71.9 Å². The number of aromatic nitrogens is 3. The van der Waals surface area contributed by atoms with E-state index in [-0.39, 0.29) is 79.7 Å². The SMILES string of the molecule is CCO.COc1nc(OC)nc(OC(=O)c2cc(C)c(/C=C/S(=O)(=O)N3CCC4(CC3)N=C(C3CCCCC3)NC4=O)c(C)c2)n1.Cc1cc(C(=O)O)cc(C)c1/C=C/S(=O)(=O)N1CCC2(CC1)N=C(C1CCCCC1)NC2=O.[2H]CC.[3H]C. The third-order valence-electron chi connectivity index (χ3n) is 15.4. The van der Waals surface area contributed by atoms with Gasteiger partial charge < -0.3 is 35.1 Å². The second-order valence-corrected chi connectivity index (χ2v) is 24.4. The van der Waals surface area contributed by atoms with E-state index >= 15 is 0 Å². The average molecular weight is 1180 g/mol. The van der Waals surface area contributed by atoms with E-state index in [4.69, 9.17) is 32.0 Å². The maximum Gasteiger partial charge on any atom is 0.345 e. The highest BCUT2D eigenvalue weighted by Crippen LogP contribution is 2.37. The summed E-state index contributed by atoms with van der Waals surface area (Å²) < 4.78 is 82.4. The zero-order chi connectivity index (χ0) is 62.0. The molecule has 1 aromatic heterocycles. The second-order valence-electron chi connectivity index (χ2n) is 20.8. The van der Waals surface area contributed by atoms with E-state index in [0.717, 1.165) is 63.0 Å². The fourth-order valence-electron chi connectivity index (χ4n) is 11.0. The highest BCUT2D eigenvalue weighted by Gasteiger charge is 2.49. The molecule has 22 nitrogen and oxygen atoms in total. The van der Waals surface area contributed by atoms with Gasteiger partial charge in [-0.05, 0) is 156 Å². The number of sulfonamides is 2. The number of nitrogens with one attached hydrogen (secondary N) is 2. The predicted molar refractivity (Wildman–Crippen MR) is 315 cm³/mol. The normalized spacial score (nSPS) is 19.5. The molecule has 5 heterocycles. The van der Waals surface area contributed by atoms with Gasteiger partial charge in [0.15, 0.2) is 0 Å². The molecule has 6 aliphatic rings. The topological polar surface area (TPSA) is 299 Å². The zero-order valence-corrected chi connectivity index (χ0v) is 50.4. The van der Waals surface area contributed by atoms with Crippen molar-refractivity contribution >= 4 is 67.6 Å². The van der Waals surface area contributed by atoms with E-state index in [9.17, 15) is 41.1 Å². The molecule has 0 radical (unpaired) electrons. The van der Waals surface area contributed by atoms with Crippen molar-refractivity contribution < 1.29 is 63.2 Å². The molecule has 3 aromatic rings. The predicted octanol–water partition coefficient (Wildman–Crippen LogP) is 7.87. The molecule has 0 atom stereocenters. The number of piperidine rings is 2. The number of aryl methyl sites for hydroxylation is 4. The first kappa shape index (κ1) is 63.1. The summed E-state index contributed by atoms with van der Waals surface area (Å²) in [6, 6.07) is 5.84. The molecule has 4 aliphatic heterocycles. The summed E-state index contributed by atoms with van der Waals surface area (Å²) in [6.07, 6.45) is 15.7. The molecule has 2 saturated carbocycles. The first-order valence-electron chi connectivity index (χ1n) is 29.3. The van der Waals surface area contributed by atoms with Gasteiger partial charge in [0.05, 0.1) is 25.3 Å². The lowest BCUT2D eigenvalue weighted by Gasteiger charge is -2.34. The Morgan fingerprint density at radius 2 is 1.01 bits per heavy atom. The first-order chi connectivity index (χ1) is 40.0. The van der Waals surface area contributed by atoms with Crippen molar-refractivity contribution in [3.63, 3.8) is 0 Å². The van der Waals surface area contributed by atoms with Gasteiger partial charge in [0.1, 0.15) is 22.7 Å². The van der Waals surface area contributed by atoms with Crippen molar-refractivity contribution in [2.45, 2.75) is 157 Å². The lowest BCUT2D eigenvalue weighted by molar-refractivity contribution is -0.125. The van der Waals surface area contributed by atoms with Crippen LogP contribution in [0.15, 0.2) is 45.1 Å². The smallest absolute Gasteiger partial charge is 0.345 e. The number of benzene rings is 2. The minimum absolute atomic E-state index is 0.0731. The molecular formula is C58H83N9O13S2. The largest absolute Gasteiger partial charge is 0.478 e. The number of esters is 1. The van der Waals surface area contributed by atoms with E-state index in [2.05, 4.69) is 25.6 Å². The van der Waals surface area contributed by atoms with Gasteiger partial charge in [-0.1, -0.05) is 59.8 Å². The van der Waals surface area contributed by atoms with Gasteiger partial charge in [-0.15, -0.1) is 15.0 Å². The summed E-state index contributed by atoms with van der Waals surface area (Å²) in [4.78, 5) is 71.1. The maximum absolute atomic E-state index is 13.3. The number of carbonyl (C=O) groups excluding carboxylic acids is 3. The molecule has 2 aliphatic carbocycles. The van der Waals surface area contributed by atoms with E-state index in [1.807, 2.05) is 0 Å². The number of methoxy groups -OCH3 is 2. The molecule has 24 heteroatoms. The molecule has 82 heavy (non-hydrogen) atoms. The number of carboxylic acid groups (broad SMARTS) is 1. The Kier molecular flexibility index (Phi) is 22.5. The van der Waals surface area contributed by atoms with Gasteiger partial charge >= 0.3 is 30.0 Å². The number of rotatable bonds is 13. The monoisotopic (exact) mass is 1180 g/mol. The molecule has 0 unspecified atom stereocenters. The summed E-state index contributed by atoms with van der Waals surface area (Å²) in [7, 11) is -3.47. The van der Waals surface area contributed by atoms with Crippen LogP contribution in [0.5, 0.6) is 18.0 Å². The Morgan fingerprint density at radius 1 is 0.683 bits per heavy atom. The number of aliphatic imine (C=N–C) groups is 2. The number of amides is 2. The van der Waals surface area contributed by atoms with Crippen LogP contribution in [-0.4, -0.2) is 144 Å². The molecule has 2 amide bonds. The minimum atomic E-state index is -3.76. The van der Waals surface area contributed by atoms with Crippen molar-refractivity contribution in [2.75, 3.05) is 47.0 Å². The Labute approximate surface area is 486 Å². The number of hydrogen-bond donors (Lipinski definition) is 4. The van der Waals surface area contributed by atoms with Crippen LogP contribution < -0.4 is 24.8 Å². The quantitative estimate of drug-likeness (QED) is 0.118. The molecule has 2 saturated heterocycles. The van der Waals surface area contributed by atoms with Crippen LogP contribution in [0.4, 0.5) is 0 Å². The summed E-state index contributed by atoms with van der Waals surface area (Å²) in [6.45, 7) is 12.2. The number of aromatic carboxylic acids is 1. The molecule has 4 fully saturated rings. The minimum Gasteiger partial charge on any atom is -0.478 e. The number of amidine groups is 2. The van der Waals surface area contributed by atoms with Gasteiger partial charge in [-0.3, -0.25) is 19.6 Å². The number of carboxylic acids is 1. The number of hydrogen-bond acceptors (Lipinski definition) is 17. The van der Waals surface area contributed by atoms with Gasteiger partial charge in [-0.2, -0.15) is 8.61 Å². The highest BCUT2D eigenvalue weighted by atomic mass is 32.2. The summed E-state index contributed by atoms with van der Waals surface area (Å²) in [5.74, 6) is 0.246. The van der Waals surface area contributed by atoms with Crippen molar-refractivity contribution in [2.24, 2.45) is 21.8 Å². The Morgan fingerprint density at radius 3 is 1.34 bits per heavy atom. The lowest BCUT2D eigenvalue weighted by atomic mass is 9.88. The fraction of sp³-hybridized carbons (Fsp3) is 0.569. The number of aliphatic hydroxyl groups is 1. The van der Waals surface area contributed by atoms with Crippen LogP contribution in [0.3, 0.4) is 0 Å². The third kappa shape index (κ3) is 16.0. The number of nitrogens with zero attached hydrogens (tertiary/aromatic N) is 7. The van der Waals surface area contributed by atoms with Gasteiger partial charge in [0, 0.05) is 58.2 Å². The van der Waals surface area contributed by atoms with Crippen molar-refractivity contribution in [1.82, 2.24) is 34.2 Å². The number of aliphatic hydroxyl groups excluding tert-OH is 1. The summed E-state index contributed by atoms with van der Waals surface area (Å²) in [5, 5.41) is 25.1. The van der Waals surface area contributed by atoms with Gasteiger partial charge in [0.25, 0.3) is 11.8 Å². The first-order valence-corrected chi connectivity index (χ1v) is 30.6. The van der Waals surface area contributed by atoms with E-state index < -0.39 is 43.1 Å². The van der Waals surface area contributed by atoms with Crippen LogP contribution in [0.2, 0.25) is 0 Å². The van der Waals surface area contributed by atoms with Crippen molar-refractivity contribution in [1.29, 1.82) is 0 Å². The van der Waals surface area contributed by atoms with Crippen LogP contribution in [0.25, 0.3) is 12.2 Å². The third-order valence-corrected chi connectivity index (χ3v) is 18.5. The van der Waals surface area contributed by atoms with E-state index in [1.54, 1.807) is 53.7 Å². The Bertz CT molecular complexity index is 3090. The van der Waals surface area contributed by atoms with Crippen LogP contribution in [0.1, 0.15) is 175 Å². The zero-order valence-electron chi connectivity index (χ0n) is 50.7. The van der Waals surface area contributed by atoms with Crippen LogP contribution >= 0.6 is 0 Å². The van der Waals surface area contributed by atoms with Crippen molar-refractivity contribution in [3.8, 4) is 18.0 Å². The summed E-state index contributed by atoms with van der Waals surface area (Å²) in [5.41, 5.74) is 2.78.